The molecule has 0 amide bonds. The fraction of sp³-hybridized carbons (Fsp3) is 0.125. The predicted molar refractivity (Wildman–Crippen MR) is 78.5 cm³/mol. The van der Waals surface area contributed by atoms with Crippen LogP contribution in [-0.4, -0.2) is 9.97 Å². The Morgan fingerprint density at radius 1 is 1.00 bits per heavy atom. The summed E-state index contributed by atoms with van der Waals surface area (Å²) in [5, 5.41) is 3.19. The summed E-state index contributed by atoms with van der Waals surface area (Å²) in [4.78, 5) is 9.15. The highest BCUT2D eigenvalue weighted by Crippen LogP contribution is 2.32. The lowest BCUT2D eigenvalue weighted by Crippen LogP contribution is -2.04. The first-order chi connectivity index (χ1) is 9.34. The molecule has 0 aliphatic rings. The molecule has 0 fully saturated rings. The standard InChI is InChI=1S/C16H14N2S/c1-12-11-19-16(18-12)15(13-7-3-2-4-8-13)14-9-5-6-10-17-14/h2-11,15H,1H3. The quantitative estimate of drug-likeness (QED) is 0.715. The minimum absolute atomic E-state index is 0.126. The van der Waals surface area contributed by atoms with Crippen molar-refractivity contribution in [3.05, 3.63) is 82.1 Å². The number of benzene rings is 1. The van der Waals surface area contributed by atoms with Gasteiger partial charge in [-0.15, -0.1) is 11.3 Å². The molecule has 0 spiro atoms. The third kappa shape index (κ3) is 2.56. The van der Waals surface area contributed by atoms with Crippen molar-refractivity contribution in [3.8, 4) is 0 Å². The third-order valence-electron chi connectivity index (χ3n) is 3.00. The second kappa shape index (κ2) is 5.33. The van der Waals surface area contributed by atoms with Crippen molar-refractivity contribution in [2.75, 3.05) is 0 Å². The van der Waals surface area contributed by atoms with Gasteiger partial charge < -0.3 is 0 Å². The number of rotatable bonds is 3. The maximum Gasteiger partial charge on any atom is 0.106 e. The van der Waals surface area contributed by atoms with E-state index in [-0.39, 0.29) is 5.92 Å². The average Bonchev–Trinajstić information content (AvgIpc) is 2.88. The molecule has 3 aromatic rings. The van der Waals surface area contributed by atoms with Crippen molar-refractivity contribution < 1.29 is 0 Å². The van der Waals surface area contributed by atoms with Gasteiger partial charge in [-0.3, -0.25) is 4.98 Å². The second-order valence-electron chi connectivity index (χ2n) is 4.43. The van der Waals surface area contributed by atoms with Crippen LogP contribution in [-0.2, 0) is 0 Å². The predicted octanol–water partition coefficient (Wildman–Crippen LogP) is 4.03. The van der Waals surface area contributed by atoms with E-state index in [1.54, 1.807) is 11.3 Å². The number of hydrogen-bond acceptors (Lipinski definition) is 3. The SMILES string of the molecule is Cc1csc(C(c2ccccc2)c2ccccn2)n1. The summed E-state index contributed by atoms with van der Waals surface area (Å²) in [5.41, 5.74) is 3.34. The molecule has 1 atom stereocenters. The summed E-state index contributed by atoms with van der Waals surface area (Å²) in [5.74, 6) is 0.126. The van der Waals surface area contributed by atoms with Crippen molar-refractivity contribution in [3.63, 3.8) is 0 Å². The third-order valence-corrected chi connectivity index (χ3v) is 4.03. The highest BCUT2D eigenvalue weighted by Gasteiger charge is 2.20. The van der Waals surface area contributed by atoms with Crippen molar-refractivity contribution in [2.45, 2.75) is 12.8 Å². The Hall–Kier alpha value is -2.00. The van der Waals surface area contributed by atoms with E-state index in [0.717, 1.165) is 16.4 Å². The van der Waals surface area contributed by atoms with E-state index in [2.05, 4.69) is 45.7 Å². The molecule has 0 aliphatic carbocycles. The summed E-state index contributed by atoms with van der Waals surface area (Å²) in [6, 6.07) is 16.5. The second-order valence-corrected chi connectivity index (χ2v) is 5.32. The van der Waals surface area contributed by atoms with Crippen LogP contribution in [0.4, 0.5) is 0 Å². The average molecular weight is 266 g/mol. The Bertz CT molecular complexity index is 607. The molecular weight excluding hydrogens is 252 g/mol. The molecule has 0 N–H and O–H groups in total. The zero-order valence-electron chi connectivity index (χ0n) is 10.7. The van der Waals surface area contributed by atoms with Crippen LogP contribution in [0.15, 0.2) is 60.1 Å². The fourth-order valence-corrected chi connectivity index (χ4v) is 3.07. The topological polar surface area (TPSA) is 25.8 Å². The van der Waals surface area contributed by atoms with E-state index < -0.39 is 0 Å². The lowest BCUT2D eigenvalue weighted by Gasteiger charge is -2.14. The smallest absolute Gasteiger partial charge is 0.106 e. The number of nitrogens with zero attached hydrogens (tertiary/aromatic N) is 2. The monoisotopic (exact) mass is 266 g/mol. The van der Waals surface area contributed by atoms with Gasteiger partial charge in [0.2, 0.25) is 0 Å². The van der Waals surface area contributed by atoms with Crippen molar-refractivity contribution in [1.82, 2.24) is 9.97 Å². The zero-order valence-corrected chi connectivity index (χ0v) is 11.5. The Balaban J connectivity index is 2.11. The molecular formula is C16H14N2S. The number of aryl methyl sites for hydroxylation is 1. The Morgan fingerprint density at radius 2 is 1.79 bits per heavy atom. The van der Waals surface area contributed by atoms with Crippen LogP contribution in [0.5, 0.6) is 0 Å². The van der Waals surface area contributed by atoms with E-state index in [4.69, 9.17) is 0 Å². The van der Waals surface area contributed by atoms with Crippen LogP contribution in [0.25, 0.3) is 0 Å². The lowest BCUT2D eigenvalue weighted by molar-refractivity contribution is 0.898. The summed E-state index contributed by atoms with van der Waals surface area (Å²) in [6.45, 7) is 2.03. The normalized spacial score (nSPS) is 12.3. The van der Waals surface area contributed by atoms with Crippen molar-refractivity contribution in [1.29, 1.82) is 0 Å². The maximum atomic E-state index is 4.64. The largest absolute Gasteiger partial charge is 0.260 e. The minimum Gasteiger partial charge on any atom is -0.260 e. The van der Waals surface area contributed by atoms with Crippen LogP contribution in [0, 0.1) is 6.92 Å². The number of hydrogen-bond donors (Lipinski definition) is 0. The van der Waals surface area contributed by atoms with Gasteiger partial charge in [0.25, 0.3) is 0 Å². The summed E-state index contributed by atoms with van der Waals surface area (Å²) in [7, 11) is 0. The van der Waals surface area contributed by atoms with Gasteiger partial charge in [0.15, 0.2) is 0 Å². The van der Waals surface area contributed by atoms with E-state index in [1.807, 2.05) is 31.3 Å². The first-order valence-electron chi connectivity index (χ1n) is 6.22. The molecule has 2 nitrogen and oxygen atoms in total. The van der Waals surface area contributed by atoms with E-state index in [0.29, 0.717) is 0 Å². The number of aromatic nitrogens is 2. The molecule has 3 rings (SSSR count). The molecule has 0 saturated heterocycles. The molecule has 94 valence electrons. The molecule has 2 heterocycles. The first kappa shape index (κ1) is 12.1. The van der Waals surface area contributed by atoms with Crippen LogP contribution in [0.3, 0.4) is 0 Å². The van der Waals surface area contributed by atoms with Gasteiger partial charge in [-0.2, -0.15) is 0 Å². The van der Waals surface area contributed by atoms with Gasteiger partial charge >= 0.3 is 0 Å². The number of thiazole rings is 1. The van der Waals surface area contributed by atoms with E-state index in [1.165, 1.54) is 5.56 Å². The van der Waals surface area contributed by atoms with Crippen molar-refractivity contribution >= 4 is 11.3 Å². The molecule has 1 unspecified atom stereocenters. The van der Waals surface area contributed by atoms with Gasteiger partial charge in [-0.05, 0) is 24.6 Å². The van der Waals surface area contributed by atoms with Crippen LogP contribution in [0.1, 0.15) is 27.9 Å². The molecule has 1 aromatic carbocycles. The van der Waals surface area contributed by atoms with E-state index in [9.17, 15) is 0 Å². The molecule has 19 heavy (non-hydrogen) atoms. The maximum absolute atomic E-state index is 4.64. The lowest BCUT2D eigenvalue weighted by atomic mass is 9.96. The Kier molecular flexibility index (Phi) is 3.38. The van der Waals surface area contributed by atoms with Crippen LogP contribution < -0.4 is 0 Å². The molecule has 2 aromatic heterocycles. The Labute approximate surface area is 116 Å². The van der Waals surface area contributed by atoms with Gasteiger partial charge in [-0.25, -0.2) is 4.98 Å². The highest BCUT2D eigenvalue weighted by molar-refractivity contribution is 7.09. The van der Waals surface area contributed by atoms with Gasteiger partial charge in [0.1, 0.15) is 5.01 Å². The van der Waals surface area contributed by atoms with Gasteiger partial charge in [0, 0.05) is 17.3 Å². The Morgan fingerprint density at radius 3 is 2.42 bits per heavy atom. The summed E-state index contributed by atoms with van der Waals surface area (Å²) < 4.78 is 0. The molecule has 0 bridgehead atoms. The van der Waals surface area contributed by atoms with Gasteiger partial charge in [0.05, 0.1) is 11.6 Å². The van der Waals surface area contributed by atoms with Crippen LogP contribution in [0.2, 0.25) is 0 Å². The zero-order chi connectivity index (χ0) is 13.1. The summed E-state index contributed by atoms with van der Waals surface area (Å²) >= 11 is 1.70. The first-order valence-corrected chi connectivity index (χ1v) is 7.10. The van der Waals surface area contributed by atoms with Gasteiger partial charge in [-0.1, -0.05) is 36.4 Å². The van der Waals surface area contributed by atoms with Crippen LogP contribution >= 0.6 is 11.3 Å². The fourth-order valence-electron chi connectivity index (χ4n) is 2.14. The van der Waals surface area contributed by atoms with E-state index >= 15 is 0 Å². The summed E-state index contributed by atoms with van der Waals surface area (Å²) in [6.07, 6.45) is 1.84. The molecule has 0 aliphatic heterocycles. The highest BCUT2D eigenvalue weighted by atomic mass is 32.1. The molecule has 3 heteroatoms. The number of pyridine rings is 1. The molecule has 0 saturated carbocycles. The van der Waals surface area contributed by atoms with Crippen molar-refractivity contribution in [2.24, 2.45) is 0 Å². The molecule has 0 radical (unpaired) electrons. The minimum atomic E-state index is 0.126.